The lowest BCUT2D eigenvalue weighted by Crippen LogP contribution is -2.45. The highest BCUT2D eigenvalue weighted by Crippen LogP contribution is 2.26. The molecule has 0 amide bonds. The van der Waals surface area contributed by atoms with Gasteiger partial charge in [0.2, 0.25) is 11.1 Å². The van der Waals surface area contributed by atoms with Gasteiger partial charge >= 0.3 is 5.69 Å². The van der Waals surface area contributed by atoms with Crippen LogP contribution in [-0.4, -0.2) is 43.9 Å². The second-order valence-electron chi connectivity index (χ2n) is 3.71. The number of aliphatic hydroxyl groups is 2. The van der Waals surface area contributed by atoms with E-state index in [1.54, 1.807) is 6.92 Å². The van der Waals surface area contributed by atoms with E-state index < -0.39 is 23.7 Å². The van der Waals surface area contributed by atoms with Crippen molar-refractivity contribution < 1.29 is 15.1 Å². The monoisotopic (exact) mass is 276 g/mol. The number of anilines is 1. The fourth-order valence-corrected chi connectivity index (χ4v) is 1.41. The summed E-state index contributed by atoms with van der Waals surface area (Å²) in [5, 5.41) is 31.8. The maximum atomic E-state index is 10.8. The van der Waals surface area contributed by atoms with Crippen LogP contribution in [0.4, 0.5) is 11.5 Å². The first kappa shape index (κ1) is 14.6. The van der Waals surface area contributed by atoms with E-state index in [1.165, 1.54) is 0 Å². The summed E-state index contributed by atoms with van der Waals surface area (Å²) >= 11 is 5.57. The van der Waals surface area contributed by atoms with Crippen molar-refractivity contribution >= 4 is 23.1 Å². The number of hydrogen-bond acceptors (Lipinski definition) is 7. The van der Waals surface area contributed by atoms with Crippen LogP contribution in [0.15, 0.2) is 6.20 Å². The number of nitro groups is 1. The fourth-order valence-electron chi connectivity index (χ4n) is 1.27. The van der Waals surface area contributed by atoms with Gasteiger partial charge in [-0.25, -0.2) is 4.98 Å². The number of aliphatic hydroxyl groups excluding tert-OH is 2. The van der Waals surface area contributed by atoms with E-state index in [1.807, 2.05) is 0 Å². The van der Waals surface area contributed by atoms with Crippen LogP contribution in [0.25, 0.3) is 0 Å². The number of nitrogens with one attached hydrogen (secondary N) is 1. The minimum Gasteiger partial charge on any atom is -0.394 e. The minimum absolute atomic E-state index is 0.134. The number of hydrogen-bond donors (Lipinski definition) is 3. The van der Waals surface area contributed by atoms with Crippen LogP contribution < -0.4 is 5.32 Å². The van der Waals surface area contributed by atoms with E-state index in [0.29, 0.717) is 6.42 Å². The Bertz CT molecular complexity index is 430. The largest absolute Gasteiger partial charge is 0.394 e. The topological polar surface area (TPSA) is 121 Å². The molecular weight excluding hydrogens is 264 g/mol. The highest BCUT2D eigenvalue weighted by molar-refractivity contribution is 6.28. The summed E-state index contributed by atoms with van der Waals surface area (Å²) in [6.45, 7) is 0.908. The molecule has 3 N–H and O–H groups in total. The summed E-state index contributed by atoms with van der Waals surface area (Å²) in [6.07, 6.45) is 1.31. The van der Waals surface area contributed by atoms with Gasteiger partial charge in [-0.2, -0.15) is 4.98 Å². The first-order chi connectivity index (χ1) is 8.48. The van der Waals surface area contributed by atoms with Gasteiger partial charge in [0.1, 0.15) is 6.20 Å². The van der Waals surface area contributed by atoms with Crippen LogP contribution in [0.2, 0.25) is 5.28 Å². The molecule has 0 fully saturated rings. The molecule has 0 radical (unpaired) electrons. The minimum atomic E-state index is -1.09. The second-order valence-corrected chi connectivity index (χ2v) is 4.04. The summed E-state index contributed by atoms with van der Waals surface area (Å²) < 4.78 is 0. The van der Waals surface area contributed by atoms with Crippen LogP contribution in [0.5, 0.6) is 0 Å². The highest BCUT2D eigenvalue weighted by Gasteiger charge is 2.30. The van der Waals surface area contributed by atoms with Crippen LogP contribution in [0.3, 0.4) is 0 Å². The SMILES string of the molecule is CCC(CO)(CO)Nc1nc(Cl)ncc1[N+](=O)[O-]. The van der Waals surface area contributed by atoms with Crippen molar-refractivity contribution in [3.8, 4) is 0 Å². The van der Waals surface area contributed by atoms with Crippen molar-refractivity contribution in [1.82, 2.24) is 9.97 Å². The smallest absolute Gasteiger partial charge is 0.329 e. The molecule has 0 aliphatic rings. The Morgan fingerprint density at radius 2 is 2.17 bits per heavy atom. The molecule has 18 heavy (non-hydrogen) atoms. The third-order valence-corrected chi connectivity index (χ3v) is 2.78. The highest BCUT2D eigenvalue weighted by atomic mass is 35.5. The van der Waals surface area contributed by atoms with Crippen molar-refractivity contribution in [1.29, 1.82) is 0 Å². The van der Waals surface area contributed by atoms with Gasteiger partial charge in [-0.1, -0.05) is 6.92 Å². The molecule has 0 aromatic carbocycles. The molecule has 8 nitrogen and oxygen atoms in total. The summed E-state index contributed by atoms with van der Waals surface area (Å²) in [5.74, 6) is -0.134. The van der Waals surface area contributed by atoms with Crippen LogP contribution in [0, 0.1) is 10.1 Å². The number of halogens is 1. The molecule has 0 aliphatic heterocycles. The first-order valence-electron chi connectivity index (χ1n) is 5.15. The Balaban J connectivity index is 3.16. The van der Waals surface area contributed by atoms with E-state index in [4.69, 9.17) is 11.6 Å². The molecule has 0 bridgehead atoms. The Kier molecular flexibility index (Phi) is 4.76. The van der Waals surface area contributed by atoms with Crippen LogP contribution in [-0.2, 0) is 0 Å². The molecule has 0 aliphatic carbocycles. The average Bonchev–Trinajstić information content (AvgIpc) is 2.36. The third kappa shape index (κ3) is 3.03. The maximum Gasteiger partial charge on any atom is 0.329 e. The van der Waals surface area contributed by atoms with Gasteiger partial charge in [-0.15, -0.1) is 0 Å². The summed E-state index contributed by atoms with van der Waals surface area (Å²) in [5.41, 5.74) is -1.47. The lowest BCUT2D eigenvalue weighted by atomic mass is 9.98. The third-order valence-electron chi connectivity index (χ3n) is 2.60. The molecule has 1 aromatic heterocycles. The fraction of sp³-hybridized carbons (Fsp3) is 0.556. The van der Waals surface area contributed by atoms with Crippen molar-refractivity contribution in [3.63, 3.8) is 0 Å². The molecule has 1 rings (SSSR count). The summed E-state index contributed by atoms with van der Waals surface area (Å²) in [4.78, 5) is 17.3. The lowest BCUT2D eigenvalue weighted by molar-refractivity contribution is -0.384. The van der Waals surface area contributed by atoms with Gasteiger partial charge in [0.25, 0.3) is 0 Å². The van der Waals surface area contributed by atoms with Gasteiger partial charge in [-0.05, 0) is 18.0 Å². The van der Waals surface area contributed by atoms with Gasteiger partial charge < -0.3 is 15.5 Å². The van der Waals surface area contributed by atoms with Crippen molar-refractivity contribution in [2.24, 2.45) is 0 Å². The number of nitrogens with zero attached hydrogens (tertiary/aromatic N) is 3. The van der Waals surface area contributed by atoms with Crippen molar-refractivity contribution in [2.45, 2.75) is 18.9 Å². The van der Waals surface area contributed by atoms with E-state index >= 15 is 0 Å². The van der Waals surface area contributed by atoms with Crippen LogP contribution in [0.1, 0.15) is 13.3 Å². The Morgan fingerprint density at radius 1 is 1.56 bits per heavy atom. The molecule has 0 saturated carbocycles. The molecule has 0 spiro atoms. The van der Waals surface area contributed by atoms with E-state index in [0.717, 1.165) is 6.20 Å². The first-order valence-corrected chi connectivity index (χ1v) is 5.52. The zero-order chi connectivity index (χ0) is 13.8. The molecule has 1 aromatic rings. The summed E-state index contributed by atoms with van der Waals surface area (Å²) in [6, 6.07) is 0. The van der Waals surface area contributed by atoms with Gasteiger partial charge in [0, 0.05) is 0 Å². The molecular formula is C9H13ClN4O4. The van der Waals surface area contributed by atoms with Crippen LogP contribution >= 0.6 is 11.6 Å². The Hall–Kier alpha value is -1.51. The number of aromatic nitrogens is 2. The van der Waals surface area contributed by atoms with E-state index in [-0.39, 0.29) is 16.8 Å². The van der Waals surface area contributed by atoms with E-state index in [9.17, 15) is 20.3 Å². The zero-order valence-corrected chi connectivity index (χ0v) is 10.4. The normalized spacial score (nSPS) is 11.3. The standard InChI is InChI=1S/C9H13ClN4O4/c1-2-9(4-15,5-16)13-7-6(14(17)18)3-11-8(10)12-7/h3,15-16H,2,4-5H2,1H3,(H,11,12,13). The van der Waals surface area contributed by atoms with Gasteiger partial charge in [-0.3, -0.25) is 10.1 Å². The molecule has 0 unspecified atom stereocenters. The van der Waals surface area contributed by atoms with Crippen molar-refractivity contribution in [3.05, 3.63) is 21.6 Å². The quantitative estimate of drug-likeness (QED) is 0.395. The zero-order valence-electron chi connectivity index (χ0n) is 9.63. The average molecular weight is 277 g/mol. The second kappa shape index (κ2) is 5.89. The van der Waals surface area contributed by atoms with E-state index in [2.05, 4.69) is 15.3 Å². The Morgan fingerprint density at radius 3 is 2.61 bits per heavy atom. The number of rotatable bonds is 6. The van der Waals surface area contributed by atoms with Gasteiger partial charge in [0.15, 0.2) is 0 Å². The lowest BCUT2D eigenvalue weighted by Gasteiger charge is -2.29. The molecule has 9 heteroatoms. The molecule has 1 heterocycles. The predicted octanol–water partition coefficient (Wildman–Crippen LogP) is 0.583. The Labute approximate surface area is 108 Å². The van der Waals surface area contributed by atoms with Crippen molar-refractivity contribution in [2.75, 3.05) is 18.5 Å². The predicted molar refractivity (Wildman–Crippen MR) is 64.5 cm³/mol. The summed E-state index contributed by atoms with van der Waals surface area (Å²) in [7, 11) is 0. The molecule has 0 atom stereocenters. The molecule has 0 saturated heterocycles. The molecule has 100 valence electrons. The van der Waals surface area contributed by atoms with Gasteiger partial charge in [0.05, 0.1) is 23.7 Å². The maximum absolute atomic E-state index is 10.8.